The number of nitrogens with zero attached hydrogens (tertiary/aromatic N) is 2. The number of nitrogens with one attached hydrogen (secondary N) is 1. The molecule has 0 aliphatic carbocycles. The van der Waals surface area contributed by atoms with Crippen molar-refractivity contribution in [1.29, 1.82) is 0 Å². The third-order valence-electron chi connectivity index (χ3n) is 2.61. The Kier molecular flexibility index (Phi) is 4.04. The summed E-state index contributed by atoms with van der Waals surface area (Å²) in [6, 6.07) is 5.81. The van der Waals surface area contributed by atoms with E-state index in [2.05, 4.69) is 15.3 Å². The van der Waals surface area contributed by atoms with Crippen LogP contribution in [0, 0.1) is 0 Å². The van der Waals surface area contributed by atoms with Gasteiger partial charge in [-0.1, -0.05) is 13.0 Å². The summed E-state index contributed by atoms with van der Waals surface area (Å²) < 4.78 is 0. The Bertz CT molecular complexity index is 524. The minimum Gasteiger partial charge on any atom is -0.348 e. The highest BCUT2D eigenvalue weighted by Crippen LogP contribution is 2.21. The Morgan fingerprint density at radius 3 is 3.00 bits per heavy atom. The van der Waals surface area contributed by atoms with E-state index < -0.39 is 0 Å². The van der Waals surface area contributed by atoms with E-state index in [0.717, 1.165) is 17.1 Å². The van der Waals surface area contributed by atoms with Gasteiger partial charge in [-0.25, -0.2) is 4.98 Å². The number of amides is 1. The molecule has 0 saturated heterocycles. The van der Waals surface area contributed by atoms with Crippen molar-refractivity contribution >= 4 is 17.2 Å². The molecule has 0 aliphatic rings. The van der Waals surface area contributed by atoms with E-state index in [-0.39, 0.29) is 11.9 Å². The van der Waals surface area contributed by atoms with Crippen molar-refractivity contribution in [2.24, 2.45) is 0 Å². The highest BCUT2D eigenvalue weighted by Gasteiger charge is 2.13. The lowest BCUT2D eigenvalue weighted by atomic mass is 10.2. The third kappa shape index (κ3) is 2.92. The first-order valence-electron chi connectivity index (χ1n) is 5.88. The number of pyridine rings is 1. The van der Waals surface area contributed by atoms with Gasteiger partial charge in [-0.3, -0.25) is 9.78 Å². The second-order valence-electron chi connectivity index (χ2n) is 4.04. The van der Waals surface area contributed by atoms with Gasteiger partial charge in [0.05, 0.1) is 5.69 Å². The van der Waals surface area contributed by atoms with Crippen molar-refractivity contribution in [2.45, 2.75) is 26.3 Å². The quantitative estimate of drug-likeness (QED) is 0.920. The Morgan fingerprint density at radius 1 is 1.50 bits per heavy atom. The molecule has 1 N–H and O–H groups in total. The molecular formula is C13H15N3OS. The molecule has 94 valence electrons. The second kappa shape index (κ2) is 5.73. The van der Waals surface area contributed by atoms with E-state index in [9.17, 15) is 4.79 Å². The third-order valence-corrected chi connectivity index (χ3v) is 3.48. The summed E-state index contributed by atoms with van der Waals surface area (Å²) in [5, 5.41) is 5.43. The summed E-state index contributed by atoms with van der Waals surface area (Å²) in [4.78, 5) is 20.4. The number of carbonyl (C=O) groups is 1. The van der Waals surface area contributed by atoms with Crippen LogP contribution in [0.1, 0.15) is 30.8 Å². The molecule has 18 heavy (non-hydrogen) atoms. The maximum atomic E-state index is 11.9. The lowest BCUT2D eigenvalue weighted by Crippen LogP contribution is -2.32. The minimum absolute atomic E-state index is 0.122. The van der Waals surface area contributed by atoms with Crippen LogP contribution in [0.2, 0.25) is 0 Å². The predicted molar refractivity (Wildman–Crippen MR) is 72.6 cm³/mol. The number of carbonyl (C=O) groups excluding carboxylic acids is 1. The Hall–Kier alpha value is -1.75. The molecule has 1 atom stereocenters. The normalized spacial score (nSPS) is 12.1. The Morgan fingerprint density at radius 2 is 2.33 bits per heavy atom. The van der Waals surface area contributed by atoms with Gasteiger partial charge in [0.15, 0.2) is 0 Å². The van der Waals surface area contributed by atoms with Gasteiger partial charge in [0.1, 0.15) is 10.7 Å². The first kappa shape index (κ1) is 12.7. The molecule has 1 amide bonds. The van der Waals surface area contributed by atoms with Crippen LogP contribution >= 0.6 is 11.3 Å². The van der Waals surface area contributed by atoms with Crippen molar-refractivity contribution < 1.29 is 4.79 Å². The maximum Gasteiger partial charge on any atom is 0.270 e. The summed E-state index contributed by atoms with van der Waals surface area (Å²) >= 11 is 1.43. The molecule has 0 bridgehead atoms. The van der Waals surface area contributed by atoms with Gasteiger partial charge in [0.2, 0.25) is 0 Å². The summed E-state index contributed by atoms with van der Waals surface area (Å²) in [5.41, 5.74) is 1.26. The molecule has 0 saturated carbocycles. The smallest absolute Gasteiger partial charge is 0.270 e. The first-order chi connectivity index (χ1) is 8.70. The van der Waals surface area contributed by atoms with Gasteiger partial charge in [0.25, 0.3) is 5.91 Å². The Balaban J connectivity index is 2.13. The van der Waals surface area contributed by atoms with Crippen molar-refractivity contribution in [3.63, 3.8) is 0 Å². The lowest BCUT2D eigenvalue weighted by Gasteiger charge is -2.09. The zero-order chi connectivity index (χ0) is 13.0. The summed E-state index contributed by atoms with van der Waals surface area (Å²) in [5.74, 6) is -0.122. The van der Waals surface area contributed by atoms with Crippen LogP contribution in [-0.2, 0) is 0 Å². The van der Waals surface area contributed by atoms with Gasteiger partial charge < -0.3 is 5.32 Å². The molecule has 0 fully saturated rings. The van der Waals surface area contributed by atoms with Gasteiger partial charge >= 0.3 is 0 Å². The highest BCUT2D eigenvalue weighted by molar-refractivity contribution is 7.13. The molecule has 0 aliphatic heterocycles. The molecule has 2 aromatic heterocycles. The Labute approximate surface area is 110 Å². The van der Waals surface area contributed by atoms with Crippen LogP contribution in [0.3, 0.4) is 0 Å². The number of hydrogen-bond acceptors (Lipinski definition) is 4. The van der Waals surface area contributed by atoms with E-state index in [1.165, 1.54) is 11.3 Å². The fourth-order valence-electron chi connectivity index (χ4n) is 1.38. The van der Waals surface area contributed by atoms with Crippen molar-refractivity contribution in [3.05, 3.63) is 35.5 Å². The van der Waals surface area contributed by atoms with Crippen molar-refractivity contribution in [2.75, 3.05) is 0 Å². The van der Waals surface area contributed by atoms with Crippen LogP contribution in [-0.4, -0.2) is 21.9 Å². The fourth-order valence-corrected chi connectivity index (χ4v) is 2.16. The summed E-state index contributed by atoms with van der Waals surface area (Å²) in [6.07, 6.45) is 2.62. The standard InChI is InChI=1S/C13H15N3OS/c1-3-9(2)15-12(17)11-8-18-13(16-11)10-6-4-5-7-14-10/h4-9H,3H2,1-2H3,(H,15,17). The molecule has 2 rings (SSSR count). The number of thiazole rings is 1. The number of aromatic nitrogens is 2. The predicted octanol–water partition coefficient (Wildman–Crippen LogP) is 2.73. The largest absolute Gasteiger partial charge is 0.348 e. The summed E-state index contributed by atoms with van der Waals surface area (Å²) in [7, 11) is 0. The molecule has 5 heteroatoms. The fraction of sp³-hybridized carbons (Fsp3) is 0.308. The molecule has 1 unspecified atom stereocenters. The molecule has 2 heterocycles. The monoisotopic (exact) mass is 261 g/mol. The molecule has 0 radical (unpaired) electrons. The molecule has 0 aromatic carbocycles. The molecular weight excluding hydrogens is 246 g/mol. The van der Waals surface area contributed by atoms with E-state index in [1.54, 1.807) is 11.6 Å². The van der Waals surface area contributed by atoms with Gasteiger partial charge in [-0.15, -0.1) is 11.3 Å². The SMILES string of the molecule is CCC(C)NC(=O)c1csc(-c2ccccn2)n1. The van der Waals surface area contributed by atoms with Crippen LogP contribution in [0.5, 0.6) is 0 Å². The van der Waals surface area contributed by atoms with Crippen LogP contribution in [0.25, 0.3) is 10.7 Å². The average Bonchev–Trinajstić information content (AvgIpc) is 2.89. The maximum absolute atomic E-state index is 11.9. The second-order valence-corrected chi connectivity index (χ2v) is 4.89. The number of hydrogen-bond donors (Lipinski definition) is 1. The zero-order valence-electron chi connectivity index (χ0n) is 10.4. The van der Waals surface area contributed by atoms with Crippen molar-refractivity contribution in [1.82, 2.24) is 15.3 Å². The van der Waals surface area contributed by atoms with E-state index in [0.29, 0.717) is 5.69 Å². The van der Waals surface area contributed by atoms with Gasteiger partial charge in [-0.2, -0.15) is 0 Å². The van der Waals surface area contributed by atoms with E-state index >= 15 is 0 Å². The highest BCUT2D eigenvalue weighted by atomic mass is 32.1. The van der Waals surface area contributed by atoms with Gasteiger partial charge in [0, 0.05) is 17.6 Å². The van der Waals surface area contributed by atoms with Crippen LogP contribution in [0.4, 0.5) is 0 Å². The minimum atomic E-state index is -0.122. The molecule has 4 nitrogen and oxygen atoms in total. The zero-order valence-corrected chi connectivity index (χ0v) is 11.2. The van der Waals surface area contributed by atoms with Gasteiger partial charge in [-0.05, 0) is 25.5 Å². The molecule has 0 spiro atoms. The van der Waals surface area contributed by atoms with E-state index in [4.69, 9.17) is 0 Å². The van der Waals surface area contributed by atoms with Crippen molar-refractivity contribution in [3.8, 4) is 10.7 Å². The average molecular weight is 261 g/mol. The number of rotatable bonds is 4. The molecule has 2 aromatic rings. The first-order valence-corrected chi connectivity index (χ1v) is 6.76. The van der Waals surface area contributed by atoms with Crippen LogP contribution in [0.15, 0.2) is 29.8 Å². The summed E-state index contributed by atoms with van der Waals surface area (Å²) in [6.45, 7) is 4.01. The van der Waals surface area contributed by atoms with E-state index in [1.807, 2.05) is 32.0 Å². The van der Waals surface area contributed by atoms with Crippen LogP contribution < -0.4 is 5.32 Å². The topological polar surface area (TPSA) is 54.9 Å². The lowest BCUT2D eigenvalue weighted by molar-refractivity contribution is 0.0935.